The van der Waals surface area contributed by atoms with Gasteiger partial charge in [-0.2, -0.15) is 4.98 Å². The lowest BCUT2D eigenvalue weighted by Crippen LogP contribution is -2.24. The van der Waals surface area contributed by atoms with Crippen LogP contribution in [0.3, 0.4) is 0 Å². The Hall–Kier alpha value is -3.00. The van der Waals surface area contributed by atoms with Gasteiger partial charge in [-0.3, -0.25) is 4.79 Å². The summed E-state index contributed by atoms with van der Waals surface area (Å²) < 4.78 is 16.2. The molecule has 0 N–H and O–H groups in total. The molecule has 5 rings (SSSR count). The normalized spacial score (nSPS) is 18.1. The molecule has 0 saturated carbocycles. The van der Waals surface area contributed by atoms with Gasteiger partial charge in [-0.25, -0.2) is 0 Å². The first-order valence-electron chi connectivity index (χ1n) is 8.89. The number of rotatable bonds is 4. The van der Waals surface area contributed by atoms with Gasteiger partial charge in [0.1, 0.15) is 0 Å². The van der Waals surface area contributed by atoms with Crippen molar-refractivity contribution in [1.82, 2.24) is 10.1 Å². The number of anilines is 1. The number of benzene rings is 2. The lowest BCUT2D eigenvalue weighted by molar-refractivity contribution is -0.117. The first-order valence-corrected chi connectivity index (χ1v) is 10.1. The lowest BCUT2D eigenvalue weighted by atomic mass is 10.1. The highest BCUT2D eigenvalue weighted by Gasteiger charge is 2.35. The molecule has 0 aliphatic carbocycles. The van der Waals surface area contributed by atoms with E-state index in [0.29, 0.717) is 36.2 Å². The van der Waals surface area contributed by atoms with E-state index >= 15 is 0 Å². The van der Waals surface area contributed by atoms with E-state index in [1.54, 1.807) is 16.7 Å². The minimum Gasteiger partial charge on any atom is -0.454 e. The van der Waals surface area contributed by atoms with Gasteiger partial charge in [0.05, 0.1) is 5.92 Å². The van der Waals surface area contributed by atoms with Crippen LogP contribution in [0, 0.1) is 0 Å². The van der Waals surface area contributed by atoms with Crippen LogP contribution in [-0.4, -0.2) is 35.6 Å². The molecule has 3 aromatic rings. The van der Waals surface area contributed by atoms with Gasteiger partial charge in [-0.15, -0.1) is 11.8 Å². The van der Waals surface area contributed by atoms with Gasteiger partial charge in [-0.1, -0.05) is 5.16 Å². The van der Waals surface area contributed by atoms with Crippen molar-refractivity contribution in [1.29, 1.82) is 0 Å². The maximum absolute atomic E-state index is 12.5. The standard InChI is InChI=1S/C20H17N3O4S/c1-28-15-5-3-14(4-6-15)23-10-13(9-18(23)24)20-21-19(22-27-20)12-2-7-16-17(8-12)26-11-25-16/h2-8,13H,9-11H2,1H3. The van der Waals surface area contributed by atoms with Crippen molar-refractivity contribution in [2.24, 2.45) is 0 Å². The number of hydrogen-bond acceptors (Lipinski definition) is 7. The topological polar surface area (TPSA) is 77.7 Å². The Bertz CT molecular complexity index is 1030. The van der Waals surface area contributed by atoms with Gasteiger partial charge < -0.3 is 18.9 Å². The number of hydrogen-bond donors (Lipinski definition) is 0. The van der Waals surface area contributed by atoms with Crippen LogP contribution in [0.4, 0.5) is 5.69 Å². The van der Waals surface area contributed by atoms with Gasteiger partial charge in [0.15, 0.2) is 11.5 Å². The van der Waals surface area contributed by atoms with Crippen molar-refractivity contribution in [3.63, 3.8) is 0 Å². The Labute approximate surface area is 165 Å². The highest BCUT2D eigenvalue weighted by molar-refractivity contribution is 7.98. The Morgan fingerprint density at radius 1 is 1.11 bits per heavy atom. The average Bonchev–Trinajstić information content (AvgIpc) is 3.46. The molecule has 0 spiro atoms. The summed E-state index contributed by atoms with van der Waals surface area (Å²) in [7, 11) is 0. The van der Waals surface area contributed by atoms with Crippen molar-refractivity contribution < 1.29 is 18.8 Å². The van der Waals surface area contributed by atoms with Crippen LogP contribution in [0.25, 0.3) is 11.4 Å². The number of nitrogens with zero attached hydrogens (tertiary/aromatic N) is 3. The second-order valence-corrected chi connectivity index (χ2v) is 7.51. The highest BCUT2D eigenvalue weighted by Crippen LogP contribution is 2.36. The van der Waals surface area contributed by atoms with E-state index in [9.17, 15) is 4.79 Å². The largest absolute Gasteiger partial charge is 0.454 e. The molecule has 28 heavy (non-hydrogen) atoms. The van der Waals surface area contributed by atoms with Crippen LogP contribution in [0.15, 0.2) is 51.9 Å². The molecule has 1 fully saturated rings. The zero-order valence-electron chi connectivity index (χ0n) is 15.1. The van der Waals surface area contributed by atoms with Gasteiger partial charge >= 0.3 is 0 Å². The second kappa shape index (κ2) is 6.87. The summed E-state index contributed by atoms with van der Waals surface area (Å²) in [6, 6.07) is 13.5. The van der Waals surface area contributed by atoms with E-state index in [-0.39, 0.29) is 18.6 Å². The summed E-state index contributed by atoms with van der Waals surface area (Å²) in [5.41, 5.74) is 1.67. The Morgan fingerprint density at radius 2 is 1.93 bits per heavy atom. The number of thioether (sulfide) groups is 1. The maximum atomic E-state index is 12.5. The quantitative estimate of drug-likeness (QED) is 0.623. The molecule has 2 aromatic carbocycles. The maximum Gasteiger partial charge on any atom is 0.232 e. The van der Waals surface area contributed by atoms with Crippen molar-refractivity contribution >= 4 is 23.4 Å². The van der Waals surface area contributed by atoms with E-state index in [1.807, 2.05) is 48.7 Å². The predicted molar refractivity (Wildman–Crippen MR) is 104 cm³/mol. The fraction of sp³-hybridized carbons (Fsp3) is 0.250. The molecule has 7 nitrogen and oxygen atoms in total. The minimum absolute atomic E-state index is 0.0599. The molecule has 2 aliphatic heterocycles. The first kappa shape index (κ1) is 17.1. The third kappa shape index (κ3) is 2.99. The van der Waals surface area contributed by atoms with Crippen LogP contribution in [0.5, 0.6) is 11.5 Å². The molecule has 1 saturated heterocycles. The van der Waals surface area contributed by atoms with Gasteiger partial charge in [0.2, 0.25) is 24.4 Å². The van der Waals surface area contributed by atoms with E-state index < -0.39 is 0 Å². The zero-order chi connectivity index (χ0) is 19.1. The third-order valence-electron chi connectivity index (χ3n) is 4.93. The summed E-state index contributed by atoms with van der Waals surface area (Å²) in [5, 5.41) is 4.09. The molecule has 2 aliphatic rings. The van der Waals surface area contributed by atoms with Crippen molar-refractivity contribution in [2.45, 2.75) is 17.2 Å². The second-order valence-electron chi connectivity index (χ2n) is 6.63. The fourth-order valence-electron chi connectivity index (χ4n) is 3.44. The third-order valence-corrected chi connectivity index (χ3v) is 5.67. The minimum atomic E-state index is -0.122. The summed E-state index contributed by atoms with van der Waals surface area (Å²) >= 11 is 1.67. The molecule has 1 amide bonds. The predicted octanol–water partition coefficient (Wildman–Crippen LogP) is 3.71. The Balaban J connectivity index is 1.35. The van der Waals surface area contributed by atoms with E-state index in [0.717, 1.165) is 16.1 Å². The molecule has 1 atom stereocenters. The van der Waals surface area contributed by atoms with Gasteiger partial charge in [0.25, 0.3) is 0 Å². The van der Waals surface area contributed by atoms with E-state index in [1.165, 1.54) is 0 Å². The number of amides is 1. The van der Waals surface area contributed by atoms with Gasteiger partial charge in [0, 0.05) is 29.1 Å². The molecular formula is C20H17N3O4S. The molecule has 3 heterocycles. The van der Waals surface area contributed by atoms with Crippen molar-refractivity contribution in [2.75, 3.05) is 24.5 Å². The summed E-state index contributed by atoms with van der Waals surface area (Å²) in [4.78, 5) is 20.0. The molecule has 1 unspecified atom stereocenters. The lowest BCUT2D eigenvalue weighted by Gasteiger charge is -2.16. The van der Waals surface area contributed by atoms with E-state index in [4.69, 9.17) is 14.0 Å². The van der Waals surface area contributed by atoms with Crippen LogP contribution < -0.4 is 14.4 Å². The summed E-state index contributed by atoms with van der Waals surface area (Å²) in [6.45, 7) is 0.744. The Morgan fingerprint density at radius 3 is 2.75 bits per heavy atom. The van der Waals surface area contributed by atoms with E-state index in [2.05, 4.69) is 10.1 Å². The highest BCUT2D eigenvalue weighted by atomic mass is 32.2. The van der Waals surface area contributed by atoms with Crippen molar-refractivity contribution in [3.05, 3.63) is 48.4 Å². The van der Waals surface area contributed by atoms with Crippen LogP contribution in [0.2, 0.25) is 0 Å². The number of carbonyl (C=O) groups excluding carboxylic acids is 1. The summed E-state index contributed by atoms with van der Waals surface area (Å²) in [6.07, 6.45) is 2.38. The summed E-state index contributed by atoms with van der Waals surface area (Å²) in [5.74, 6) is 2.26. The van der Waals surface area contributed by atoms with Gasteiger partial charge in [-0.05, 0) is 48.7 Å². The van der Waals surface area contributed by atoms with Crippen LogP contribution in [0.1, 0.15) is 18.2 Å². The molecule has 0 bridgehead atoms. The number of fused-ring (bicyclic) bond motifs is 1. The average molecular weight is 395 g/mol. The SMILES string of the molecule is CSc1ccc(N2CC(c3nc(-c4ccc5c(c4)OCO5)no3)CC2=O)cc1. The fourth-order valence-corrected chi connectivity index (χ4v) is 3.85. The Kier molecular flexibility index (Phi) is 4.20. The molecule has 1 aromatic heterocycles. The van der Waals surface area contributed by atoms with Crippen LogP contribution >= 0.6 is 11.8 Å². The number of carbonyl (C=O) groups is 1. The first-order chi connectivity index (χ1) is 13.7. The molecular weight excluding hydrogens is 378 g/mol. The number of aromatic nitrogens is 2. The monoisotopic (exact) mass is 395 g/mol. The molecule has 8 heteroatoms. The molecule has 0 radical (unpaired) electrons. The van der Waals surface area contributed by atoms with Crippen molar-refractivity contribution in [3.8, 4) is 22.9 Å². The zero-order valence-corrected chi connectivity index (χ0v) is 15.9. The van der Waals surface area contributed by atoms with Crippen LogP contribution in [-0.2, 0) is 4.79 Å². The smallest absolute Gasteiger partial charge is 0.232 e. The molecule has 142 valence electrons. The number of ether oxygens (including phenoxy) is 2.